The molecule has 0 spiro atoms. The molecule has 0 fully saturated rings. The van der Waals surface area contributed by atoms with Crippen molar-refractivity contribution < 1.29 is 14.4 Å². The quantitative estimate of drug-likeness (QED) is 0.634. The molecule has 0 heterocycles. The van der Waals surface area contributed by atoms with Crippen LogP contribution in [0.1, 0.15) is 15.9 Å². The van der Waals surface area contributed by atoms with E-state index in [4.69, 9.17) is 34.8 Å². The van der Waals surface area contributed by atoms with Crippen molar-refractivity contribution >= 4 is 52.5 Å². The number of amides is 3. The van der Waals surface area contributed by atoms with Crippen LogP contribution in [0.2, 0.25) is 15.1 Å². The number of carbonyl (C=O) groups is 3. The summed E-state index contributed by atoms with van der Waals surface area (Å²) in [6, 6.07) is 11.4. The topological polar surface area (TPSA) is 87.3 Å². The third kappa shape index (κ3) is 7.09. The summed E-state index contributed by atoms with van der Waals surface area (Å²) in [5.74, 6) is -1.38. The highest BCUT2D eigenvalue weighted by Gasteiger charge is 2.12. The first-order chi connectivity index (χ1) is 12.8. The molecule has 0 aliphatic carbocycles. The van der Waals surface area contributed by atoms with Crippen LogP contribution in [-0.2, 0) is 16.1 Å². The van der Waals surface area contributed by atoms with Gasteiger partial charge in [-0.05, 0) is 35.9 Å². The molecule has 0 atom stereocenters. The molecule has 27 heavy (non-hydrogen) atoms. The zero-order chi connectivity index (χ0) is 19.8. The summed E-state index contributed by atoms with van der Waals surface area (Å²) in [4.78, 5) is 35.5. The minimum atomic E-state index is -0.515. The van der Waals surface area contributed by atoms with E-state index in [1.54, 1.807) is 24.3 Å². The van der Waals surface area contributed by atoms with E-state index >= 15 is 0 Å². The maximum Gasteiger partial charge on any atom is 0.253 e. The lowest BCUT2D eigenvalue weighted by molar-refractivity contribution is -0.125. The molecule has 0 aliphatic rings. The van der Waals surface area contributed by atoms with Gasteiger partial charge in [-0.2, -0.15) is 0 Å². The van der Waals surface area contributed by atoms with Crippen molar-refractivity contribution in [3.05, 3.63) is 68.7 Å². The van der Waals surface area contributed by atoms with Gasteiger partial charge in [-0.25, -0.2) is 0 Å². The molecule has 3 N–H and O–H groups in total. The molecule has 2 aromatic carbocycles. The van der Waals surface area contributed by atoms with Crippen molar-refractivity contribution in [1.29, 1.82) is 0 Å². The zero-order valence-electron chi connectivity index (χ0n) is 14.0. The van der Waals surface area contributed by atoms with Gasteiger partial charge in [0.15, 0.2) is 0 Å². The molecule has 0 aliphatic heterocycles. The van der Waals surface area contributed by atoms with Gasteiger partial charge in [-0.3, -0.25) is 14.4 Å². The van der Waals surface area contributed by atoms with Crippen LogP contribution in [0.5, 0.6) is 0 Å². The van der Waals surface area contributed by atoms with Gasteiger partial charge in [-0.1, -0.05) is 46.9 Å². The lowest BCUT2D eigenvalue weighted by Gasteiger charge is -2.09. The number of nitrogens with one attached hydrogen (secondary N) is 3. The Labute approximate surface area is 171 Å². The van der Waals surface area contributed by atoms with E-state index < -0.39 is 11.8 Å². The first kappa shape index (κ1) is 21.0. The fourth-order valence-corrected chi connectivity index (χ4v) is 2.66. The average molecular weight is 429 g/mol. The van der Waals surface area contributed by atoms with Crippen LogP contribution in [-0.4, -0.2) is 30.8 Å². The first-order valence-electron chi connectivity index (χ1n) is 7.86. The normalized spacial score (nSPS) is 10.2. The van der Waals surface area contributed by atoms with E-state index in [-0.39, 0.29) is 29.6 Å². The molecule has 0 unspecified atom stereocenters. The summed E-state index contributed by atoms with van der Waals surface area (Å²) >= 11 is 17.5. The van der Waals surface area contributed by atoms with Crippen LogP contribution in [0.15, 0.2) is 42.5 Å². The second-order valence-electron chi connectivity index (χ2n) is 5.49. The maximum atomic E-state index is 12.0. The number of carbonyl (C=O) groups excluding carboxylic acids is 3. The Kier molecular flexibility index (Phi) is 7.91. The summed E-state index contributed by atoms with van der Waals surface area (Å²) in [7, 11) is 0. The van der Waals surface area contributed by atoms with Gasteiger partial charge in [0.2, 0.25) is 11.8 Å². The van der Waals surface area contributed by atoms with Gasteiger partial charge in [0, 0.05) is 16.6 Å². The summed E-state index contributed by atoms with van der Waals surface area (Å²) in [6.45, 7) is -0.177. The molecule has 0 saturated heterocycles. The molecule has 142 valence electrons. The largest absolute Gasteiger partial charge is 0.350 e. The lowest BCUT2D eigenvalue weighted by Crippen LogP contribution is -2.41. The summed E-state index contributed by atoms with van der Waals surface area (Å²) in [5.41, 5.74) is 1.08. The average Bonchev–Trinajstić information content (AvgIpc) is 2.64. The Morgan fingerprint density at radius 1 is 0.741 bits per heavy atom. The van der Waals surface area contributed by atoms with Gasteiger partial charge in [0.05, 0.1) is 23.7 Å². The van der Waals surface area contributed by atoms with Crippen molar-refractivity contribution in [2.75, 3.05) is 13.1 Å². The Hall–Kier alpha value is -2.28. The zero-order valence-corrected chi connectivity index (χ0v) is 16.3. The second-order valence-corrected chi connectivity index (χ2v) is 6.77. The summed E-state index contributed by atoms with van der Waals surface area (Å²) in [5, 5.41) is 8.70. The van der Waals surface area contributed by atoms with Crippen LogP contribution in [0.25, 0.3) is 0 Å². The van der Waals surface area contributed by atoms with E-state index in [9.17, 15) is 14.4 Å². The van der Waals surface area contributed by atoms with Crippen molar-refractivity contribution in [2.24, 2.45) is 0 Å². The predicted molar refractivity (Wildman–Crippen MR) is 105 cm³/mol. The van der Waals surface area contributed by atoms with E-state index in [0.717, 1.165) is 5.56 Å². The fourth-order valence-electron chi connectivity index (χ4n) is 2.04. The van der Waals surface area contributed by atoms with E-state index in [1.165, 1.54) is 18.2 Å². The predicted octanol–water partition coefficient (Wildman–Crippen LogP) is 2.81. The minimum absolute atomic E-state index is 0.182. The molecule has 6 nitrogen and oxygen atoms in total. The lowest BCUT2D eigenvalue weighted by atomic mass is 10.2. The van der Waals surface area contributed by atoms with Gasteiger partial charge in [0.1, 0.15) is 0 Å². The van der Waals surface area contributed by atoms with Crippen molar-refractivity contribution in [1.82, 2.24) is 16.0 Å². The molecule has 0 aromatic heterocycles. The van der Waals surface area contributed by atoms with Gasteiger partial charge in [0.25, 0.3) is 5.91 Å². The number of rotatable bonds is 7. The third-order valence-electron chi connectivity index (χ3n) is 3.43. The summed E-state index contributed by atoms with van der Waals surface area (Å²) < 4.78 is 0. The Morgan fingerprint density at radius 3 is 2.00 bits per heavy atom. The highest BCUT2D eigenvalue weighted by molar-refractivity contribution is 6.36. The van der Waals surface area contributed by atoms with E-state index in [1.807, 2.05) is 0 Å². The number of hydrogen-bond donors (Lipinski definition) is 3. The Balaban J connectivity index is 1.70. The van der Waals surface area contributed by atoms with Crippen molar-refractivity contribution in [2.45, 2.75) is 6.54 Å². The maximum absolute atomic E-state index is 12.0. The SMILES string of the molecule is O=C(CNC(=O)CNC(=O)c1ccc(Cl)cc1Cl)NCc1ccc(Cl)cc1. The van der Waals surface area contributed by atoms with Crippen LogP contribution in [0.3, 0.4) is 0 Å². The molecule has 0 bridgehead atoms. The number of hydrogen-bond acceptors (Lipinski definition) is 3. The number of halogens is 3. The highest BCUT2D eigenvalue weighted by atomic mass is 35.5. The standard InChI is InChI=1S/C18H16Cl3N3O3/c19-12-3-1-11(2-4-12)8-22-16(25)9-23-17(26)10-24-18(27)14-6-5-13(20)7-15(14)21/h1-7H,8-10H2,(H,22,25)(H,23,26)(H,24,27). The van der Waals surface area contributed by atoms with Gasteiger partial charge < -0.3 is 16.0 Å². The molecule has 2 rings (SSSR count). The molecule has 2 aromatic rings. The fraction of sp³-hybridized carbons (Fsp3) is 0.167. The minimum Gasteiger partial charge on any atom is -0.350 e. The first-order valence-corrected chi connectivity index (χ1v) is 8.99. The molecule has 0 radical (unpaired) electrons. The van der Waals surface area contributed by atoms with E-state index in [2.05, 4.69) is 16.0 Å². The second kappa shape index (κ2) is 10.2. The number of benzene rings is 2. The van der Waals surface area contributed by atoms with Crippen molar-refractivity contribution in [3.63, 3.8) is 0 Å². The molecular weight excluding hydrogens is 413 g/mol. The highest BCUT2D eigenvalue weighted by Crippen LogP contribution is 2.20. The summed E-state index contributed by atoms with van der Waals surface area (Å²) in [6.07, 6.45) is 0. The van der Waals surface area contributed by atoms with Gasteiger partial charge in [-0.15, -0.1) is 0 Å². The van der Waals surface area contributed by atoms with E-state index in [0.29, 0.717) is 16.6 Å². The van der Waals surface area contributed by atoms with Crippen LogP contribution in [0, 0.1) is 0 Å². The molecular formula is C18H16Cl3N3O3. The van der Waals surface area contributed by atoms with Crippen LogP contribution >= 0.6 is 34.8 Å². The van der Waals surface area contributed by atoms with Crippen LogP contribution in [0.4, 0.5) is 0 Å². The monoisotopic (exact) mass is 427 g/mol. The third-order valence-corrected chi connectivity index (χ3v) is 4.23. The molecule has 0 saturated carbocycles. The van der Waals surface area contributed by atoms with Gasteiger partial charge >= 0.3 is 0 Å². The molecule has 3 amide bonds. The van der Waals surface area contributed by atoms with Crippen molar-refractivity contribution in [3.8, 4) is 0 Å². The Bertz CT molecular complexity index is 841. The smallest absolute Gasteiger partial charge is 0.253 e. The molecule has 9 heteroatoms. The van der Waals surface area contributed by atoms with Crippen LogP contribution < -0.4 is 16.0 Å². The Morgan fingerprint density at radius 2 is 1.33 bits per heavy atom.